The van der Waals surface area contributed by atoms with Crippen molar-refractivity contribution in [1.29, 1.82) is 0 Å². The summed E-state index contributed by atoms with van der Waals surface area (Å²) in [5.74, 6) is 0.298. The Bertz CT molecular complexity index is 587. The van der Waals surface area contributed by atoms with Crippen LogP contribution in [0.1, 0.15) is 53.7 Å². The quantitative estimate of drug-likeness (QED) is 0.838. The van der Waals surface area contributed by atoms with Gasteiger partial charge in [-0.05, 0) is 24.0 Å². The molecular formula is C16H18N2O. The Morgan fingerprint density at radius 2 is 2.26 bits per heavy atom. The summed E-state index contributed by atoms with van der Waals surface area (Å²) in [4.78, 5) is 16.3. The molecule has 1 atom stereocenters. The monoisotopic (exact) mass is 254 g/mol. The summed E-state index contributed by atoms with van der Waals surface area (Å²) in [6.07, 6.45) is 9.30. The van der Waals surface area contributed by atoms with Gasteiger partial charge in [0.05, 0.1) is 12.4 Å². The van der Waals surface area contributed by atoms with Crippen LogP contribution in [0.5, 0.6) is 0 Å². The second-order valence-corrected chi connectivity index (χ2v) is 5.12. The lowest BCUT2D eigenvalue weighted by atomic mass is 9.94. The van der Waals surface area contributed by atoms with Crippen molar-refractivity contribution >= 4 is 5.78 Å². The predicted octanol–water partition coefficient (Wildman–Crippen LogP) is 3.40. The van der Waals surface area contributed by atoms with E-state index in [0.717, 1.165) is 24.8 Å². The van der Waals surface area contributed by atoms with Crippen molar-refractivity contribution in [3.63, 3.8) is 0 Å². The number of Topliss-reactive ketones (excluding diaryl/α,β-unsaturated/α-hetero) is 1. The minimum Gasteiger partial charge on any atom is -0.330 e. The molecule has 2 aromatic rings. The van der Waals surface area contributed by atoms with Gasteiger partial charge < -0.3 is 4.57 Å². The molecule has 1 heterocycles. The minimum atomic E-state index is 0.226. The zero-order valence-corrected chi connectivity index (χ0v) is 11.2. The van der Waals surface area contributed by atoms with Crippen LogP contribution in [0.3, 0.4) is 0 Å². The number of fused-ring (bicyclic) bond motifs is 1. The number of imidazole rings is 1. The lowest BCUT2D eigenvalue weighted by Gasteiger charge is -2.20. The van der Waals surface area contributed by atoms with E-state index in [9.17, 15) is 4.79 Å². The van der Waals surface area contributed by atoms with Crippen molar-refractivity contribution in [3.8, 4) is 0 Å². The van der Waals surface area contributed by atoms with Gasteiger partial charge in [0.2, 0.25) is 0 Å². The van der Waals surface area contributed by atoms with E-state index in [2.05, 4.69) is 34.7 Å². The van der Waals surface area contributed by atoms with Crippen LogP contribution in [-0.2, 0) is 6.42 Å². The third kappa shape index (κ3) is 2.09. The van der Waals surface area contributed by atoms with Gasteiger partial charge in [-0.15, -0.1) is 0 Å². The molecule has 1 aliphatic carbocycles. The molecule has 0 bridgehead atoms. The maximum Gasteiger partial charge on any atom is 0.163 e. The number of benzene rings is 1. The van der Waals surface area contributed by atoms with Crippen LogP contribution in [0.4, 0.5) is 0 Å². The summed E-state index contributed by atoms with van der Waals surface area (Å²) in [6, 6.07) is 6.49. The first kappa shape index (κ1) is 12.2. The van der Waals surface area contributed by atoms with E-state index in [0.29, 0.717) is 12.2 Å². The fourth-order valence-corrected chi connectivity index (χ4v) is 3.01. The molecule has 0 amide bonds. The summed E-state index contributed by atoms with van der Waals surface area (Å²) in [5.41, 5.74) is 3.35. The summed E-state index contributed by atoms with van der Waals surface area (Å²) >= 11 is 0. The lowest BCUT2D eigenvalue weighted by Crippen LogP contribution is -2.12. The predicted molar refractivity (Wildman–Crippen MR) is 74.4 cm³/mol. The SMILES string of the molecule is CCCC(c1cccc2c1C(=O)CC2)n1ccnc1. The van der Waals surface area contributed by atoms with Crippen molar-refractivity contribution in [3.05, 3.63) is 53.6 Å². The third-order valence-corrected chi connectivity index (χ3v) is 3.89. The first-order valence-corrected chi connectivity index (χ1v) is 6.93. The van der Waals surface area contributed by atoms with E-state index < -0.39 is 0 Å². The third-order valence-electron chi connectivity index (χ3n) is 3.89. The normalized spacial score (nSPS) is 15.5. The maximum absolute atomic E-state index is 12.1. The van der Waals surface area contributed by atoms with Gasteiger partial charge in [0.1, 0.15) is 0 Å². The molecule has 0 N–H and O–H groups in total. The number of rotatable bonds is 4. The van der Waals surface area contributed by atoms with Crippen LogP contribution < -0.4 is 0 Å². The van der Waals surface area contributed by atoms with Gasteiger partial charge in [-0.2, -0.15) is 0 Å². The fraction of sp³-hybridized carbons (Fsp3) is 0.375. The lowest BCUT2D eigenvalue weighted by molar-refractivity contribution is 0.0993. The standard InChI is InChI=1S/C16H18N2O/c1-2-4-14(18-10-9-17-11-18)13-6-3-5-12-7-8-15(19)16(12)13/h3,5-6,9-11,14H,2,4,7-8H2,1H3. The van der Waals surface area contributed by atoms with Gasteiger partial charge in [-0.3, -0.25) is 4.79 Å². The van der Waals surface area contributed by atoms with Crippen molar-refractivity contribution in [2.45, 2.75) is 38.6 Å². The number of aryl methyl sites for hydroxylation is 1. The number of carbonyl (C=O) groups excluding carboxylic acids is 1. The highest BCUT2D eigenvalue weighted by atomic mass is 16.1. The van der Waals surface area contributed by atoms with E-state index in [4.69, 9.17) is 0 Å². The molecule has 0 fully saturated rings. The van der Waals surface area contributed by atoms with Crippen LogP contribution >= 0.6 is 0 Å². The molecule has 1 aliphatic rings. The Morgan fingerprint density at radius 3 is 3.00 bits per heavy atom. The number of carbonyl (C=O) groups is 1. The fourth-order valence-electron chi connectivity index (χ4n) is 3.01. The molecule has 1 aromatic carbocycles. The van der Waals surface area contributed by atoms with E-state index in [1.54, 1.807) is 6.20 Å². The summed E-state index contributed by atoms with van der Waals surface area (Å²) in [7, 11) is 0. The Morgan fingerprint density at radius 1 is 1.37 bits per heavy atom. The molecule has 3 nitrogen and oxygen atoms in total. The summed E-state index contributed by atoms with van der Waals surface area (Å²) in [6.45, 7) is 2.18. The topological polar surface area (TPSA) is 34.9 Å². The Hall–Kier alpha value is -1.90. The van der Waals surface area contributed by atoms with E-state index in [1.165, 1.54) is 11.1 Å². The van der Waals surface area contributed by atoms with Crippen molar-refractivity contribution in [1.82, 2.24) is 9.55 Å². The van der Waals surface area contributed by atoms with Gasteiger partial charge in [0, 0.05) is 24.4 Å². The number of aromatic nitrogens is 2. The van der Waals surface area contributed by atoms with Crippen molar-refractivity contribution < 1.29 is 4.79 Å². The van der Waals surface area contributed by atoms with Gasteiger partial charge in [-0.1, -0.05) is 31.5 Å². The molecule has 0 saturated carbocycles. The second-order valence-electron chi connectivity index (χ2n) is 5.12. The average molecular weight is 254 g/mol. The largest absolute Gasteiger partial charge is 0.330 e. The molecule has 98 valence electrons. The molecule has 0 spiro atoms. The van der Waals surface area contributed by atoms with Gasteiger partial charge in [0.25, 0.3) is 0 Å². The van der Waals surface area contributed by atoms with Crippen LogP contribution in [0.2, 0.25) is 0 Å². The average Bonchev–Trinajstić information content (AvgIpc) is 3.06. The molecule has 19 heavy (non-hydrogen) atoms. The molecule has 1 aromatic heterocycles. The molecule has 3 rings (SSSR count). The molecule has 0 aliphatic heterocycles. The van der Waals surface area contributed by atoms with Crippen molar-refractivity contribution in [2.75, 3.05) is 0 Å². The van der Waals surface area contributed by atoms with E-state index in [-0.39, 0.29) is 6.04 Å². The Labute approximate surface area is 113 Å². The number of hydrogen-bond donors (Lipinski definition) is 0. The first-order valence-electron chi connectivity index (χ1n) is 6.93. The van der Waals surface area contributed by atoms with Crippen LogP contribution in [0.15, 0.2) is 36.9 Å². The number of hydrogen-bond acceptors (Lipinski definition) is 2. The zero-order chi connectivity index (χ0) is 13.2. The first-order chi connectivity index (χ1) is 9.31. The highest BCUT2D eigenvalue weighted by molar-refractivity contribution is 6.01. The zero-order valence-electron chi connectivity index (χ0n) is 11.2. The second kappa shape index (κ2) is 5.00. The minimum absolute atomic E-state index is 0.226. The highest BCUT2D eigenvalue weighted by Crippen LogP contribution is 2.33. The van der Waals surface area contributed by atoms with Crippen LogP contribution in [0, 0.1) is 0 Å². The number of nitrogens with zero attached hydrogens (tertiary/aromatic N) is 2. The van der Waals surface area contributed by atoms with Crippen LogP contribution in [-0.4, -0.2) is 15.3 Å². The van der Waals surface area contributed by atoms with E-state index in [1.807, 2.05) is 12.5 Å². The van der Waals surface area contributed by atoms with Gasteiger partial charge >= 0.3 is 0 Å². The molecule has 0 saturated heterocycles. The highest BCUT2D eigenvalue weighted by Gasteiger charge is 2.26. The van der Waals surface area contributed by atoms with Gasteiger partial charge in [0.15, 0.2) is 5.78 Å². The maximum atomic E-state index is 12.1. The Kier molecular flexibility index (Phi) is 3.20. The van der Waals surface area contributed by atoms with E-state index >= 15 is 0 Å². The Balaban J connectivity index is 2.09. The number of ketones is 1. The molecule has 1 unspecified atom stereocenters. The summed E-state index contributed by atoms with van der Waals surface area (Å²) < 4.78 is 2.12. The molecule has 0 radical (unpaired) electrons. The summed E-state index contributed by atoms with van der Waals surface area (Å²) in [5, 5.41) is 0. The molecular weight excluding hydrogens is 236 g/mol. The smallest absolute Gasteiger partial charge is 0.163 e. The van der Waals surface area contributed by atoms with Gasteiger partial charge in [-0.25, -0.2) is 4.98 Å². The van der Waals surface area contributed by atoms with Crippen LogP contribution in [0.25, 0.3) is 0 Å². The molecule has 3 heteroatoms. The van der Waals surface area contributed by atoms with Crippen molar-refractivity contribution in [2.24, 2.45) is 0 Å².